The van der Waals surface area contributed by atoms with Gasteiger partial charge in [0.1, 0.15) is 10.1 Å². The Morgan fingerprint density at radius 3 is 1.50 bits per heavy atom. The van der Waals surface area contributed by atoms with E-state index in [1.54, 1.807) is 0 Å². The maximum atomic E-state index is 5.81. The molecule has 0 atom stereocenters. The summed E-state index contributed by atoms with van der Waals surface area (Å²) in [4.78, 5) is 0. The van der Waals surface area contributed by atoms with Gasteiger partial charge in [0.25, 0.3) is 0 Å². The molecule has 5 heteroatoms. The van der Waals surface area contributed by atoms with E-state index in [1.165, 1.54) is 11.1 Å². The van der Waals surface area contributed by atoms with Gasteiger partial charge in [0.15, 0.2) is 4.77 Å². The Bertz CT molecular complexity index is 864. The quantitative estimate of drug-likeness (QED) is 0.441. The maximum Gasteiger partial charge on any atom is 0.191 e. The minimum Gasteiger partial charge on any atom is -0.278 e. The van der Waals surface area contributed by atoms with Crippen LogP contribution < -0.4 is 0 Å². The van der Waals surface area contributed by atoms with Crippen LogP contribution in [-0.2, 0) is 12.8 Å². The molecule has 0 radical (unpaired) electrons. The van der Waals surface area contributed by atoms with Crippen molar-refractivity contribution >= 4 is 37.5 Å². The molecule has 0 amide bonds. The zero-order chi connectivity index (χ0) is 17.3. The minimum absolute atomic E-state index is 0.687. The van der Waals surface area contributed by atoms with Gasteiger partial charge in [-0.2, -0.15) is 0 Å². The molecule has 1 aromatic heterocycles. The smallest absolute Gasteiger partial charge is 0.191 e. The Morgan fingerprint density at radius 1 is 0.750 bits per heavy atom. The summed E-state index contributed by atoms with van der Waals surface area (Å²) in [7, 11) is 0. The average molecular weight is 373 g/mol. The van der Waals surface area contributed by atoms with Crippen molar-refractivity contribution in [3.8, 4) is 11.4 Å². The van der Waals surface area contributed by atoms with Crippen LogP contribution in [0.3, 0.4) is 0 Å². The van der Waals surface area contributed by atoms with Crippen LogP contribution in [0.15, 0.2) is 58.6 Å². The van der Waals surface area contributed by atoms with E-state index in [2.05, 4.69) is 50.2 Å². The number of aryl methyl sites for hydroxylation is 2. The molecule has 3 aromatic rings. The highest BCUT2D eigenvalue weighted by Crippen LogP contribution is 2.31. The Morgan fingerprint density at radius 2 is 1.12 bits per heavy atom. The molecule has 1 heterocycles. The third-order valence-corrected chi connectivity index (χ3v) is 5.60. The van der Waals surface area contributed by atoms with Crippen molar-refractivity contribution in [1.29, 1.82) is 0 Å². The maximum absolute atomic E-state index is 5.81. The molecule has 2 aromatic carbocycles. The fraction of sp³-hybridized carbons (Fsp3) is 0.211. The molecular weight excluding hydrogens is 352 g/mol. The number of thiol groups is 2. The summed E-state index contributed by atoms with van der Waals surface area (Å²) in [5.41, 5.74) is 4.60. The first-order chi connectivity index (χ1) is 11.6. The van der Waals surface area contributed by atoms with Crippen molar-refractivity contribution in [2.24, 2.45) is 0 Å². The molecule has 0 saturated heterocycles. The summed E-state index contributed by atoms with van der Waals surface area (Å²) in [6, 6.07) is 16.6. The molecule has 0 N–H and O–H groups in total. The van der Waals surface area contributed by atoms with Gasteiger partial charge in [-0.1, -0.05) is 50.2 Å². The topological polar surface area (TPSA) is 9.86 Å². The van der Waals surface area contributed by atoms with Gasteiger partial charge in [0.2, 0.25) is 0 Å². The van der Waals surface area contributed by atoms with E-state index in [0.29, 0.717) is 4.77 Å². The second-order valence-electron chi connectivity index (χ2n) is 5.57. The first-order valence-corrected chi connectivity index (χ1v) is 9.32. The lowest BCUT2D eigenvalue weighted by molar-refractivity contribution is 0.887. The molecule has 0 aliphatic heterocycles. The van der Waals surface area contributed by atoms with Gasteiger partial charge < -0.3 is 0 Å². The zero-order valence-corrected chi connectivity index (χ0v) is 16.3. The zero-order valence-electron chi connectivity index (χ0n) is 13.7. The van der Waals surface area contributed by atoms with Gasteiger partial charge >= 0.3 is 0 Å². The SMILES string of the molecule is CCc1ccccc1-n1c(S)c(S)n(-c2ccccc2CC)c1=S. The fourth-order valence-electron chi connectivity index (χ4n) is 2.97. The van der Waals surface area contributed by atoms with Crippen molar-refractivity contribution in [3.05, 3.63) is 64.4 Å². The van der Waals surface area contributed by atoms with E-state index in [1.807, 2.05) is 21.3 Å². The standard InChI is InChI=1S/C19H20N2S3/c1-3-13-9-5-7-11-15(13)20-17(22)18(23)21(19(20)24)16-12-8-6-10-14(16)4-2/h5-12,22-23H,3-4H2,1-2H3. The van der Waals surface area contributed by atoms with E-state index in [9.17, 15) is 0 Å². The van der Waals surface area contributed by atoms with Gasteiger partial charge in [-0.05, 0) is 48.3 Å². The Labute approximate surface area is 159 Å². The molecule has 0 bridgehead atoms. The Kier molecular flexibility index (Phi) is 5.23. The summed E-state index contributed by atoms with van der Waals surface area (Å²) >= 11 is 15.2. The number of hydrogen-bond acceptors (Lipinski definition) is 3. The number of hydrogen-bond donors (Lipinski definition) is 2. The average Bonchev–Trinajstić information content (AvgIpc) is 2.84. The van der Waals surface area contributed by atoms with Crippen LogP contribution in [-0.4, -0.2) is 9.13 Å². The van der Waals surface area contributed by atoms with E-state index in [4.69, 9.17) is 37.5 Å². The Hall–Kier alpha value is -1.43. The second-order valence-corrected chi connectivity index (χ2v) is 6.78. The van der Waals surface area contributed by atoms with Crippen molar-refractivity contribution in [2.75, 3.05) is 0 Å². The highest BCUT2D eigenvalue weighted by molar-refractivity contribution is 7.83. The van der Waals surface area contributed by atoms with Crippen LogP contribution in [0.4, 0.5) is 0 Å². The Balaban J connectivity index is 2.32. The van der Waals surface area contributed by atoms with E-state index >= 15 is 0 Å². The lowest BCUT2D eigenvalue weighted by Crippen LogP contribution is -2.03. The van der Waals surface area contributed by atoms with Crippen molar-refractivity contribution < 1.29 is 0 Å². The van der Waals surface area contributed by atoms with E-state index < -0.39 is 0 Å². The molecule has 0 spiro atoms. The van der Waals surface area contributed by atoms with Gasteiger partial charge in [-0.3, -0.25) is 9.13 Å². The van der Waals surface area contributed by atoms with Crippen LogP contribution in [0.5, 0.6) is 0 Å². The molecule has 24 heavy (non-hydrogen) atoms. The predicted molar refractivity (Wildman–Crippen MR) is 109 cm³/mol. The molecule has 3 rings (SSSR count). The van der Waals surface area contributed by atoms with Crippen LogP contribution in [0, 0.1) is 4.77 Å². The summed E-state index contributed by atoms with van der Waals surface area (Å²) < 4.78 is 4.70. The normalized spacial score (nSPS) is 11.0. The summed E-state index contributed by atoms with van der Waals surface area (Å²) in [6.45, 7) is 4.29. The lowest BCUT2D eigenvalue weighted by atomic mass is 10.1. The first-order valence-electron chi connectivity index (χ1n) is 8.02. The summed E-state index contributed by atoms with van der Waals surface area (Å²) in [6.07, 6.45) is 1.87. The van der Waals surface area contributed by atoms with E-state index in [0.717, 1.165) is 34.3 Å². The number of imidazole rings is 1. The molecular formula is C19H20N2S3. The summed E-state index contributed by atoms with van der Waals surface area (Å²) in [5.74, 6) is 0. The van der Waals surface area contributed by atoms with Gasteiger partial charge in [0.05, 0.1) is 11.4 Å². The van der Waals surface area contributed by atoms with Crippen LogP contribution >= 0.6 is 37.5 Å². The van der Waals surface area contributed by atoms with Gasteiger partial charge in [-0.25, -0.2) is 0 Å². The van der Waals surface area contributed by atoms with Crippen LogP contribution in [0.2, 0.25) is 0 Å². The molecule has 0 aliphatic carbocycles. The largest absolute Gasteiger partial charge is 0.278 e. The number of aromatic nitrogens is 2. The molecule has 2 nitrogen and oxygen atoms in total. The second kappa shape index (κ2) is 7.21. The molecule has 124 valence electrons. The molecule has 0 unspecified atom stereocenters. The highest BCUT2D eigenvalue weighted by atomic mass is 32.1. The molecule has 0 fully saturated rings. The van der Waals surface area contributed by atoms with Crippen LogP contribution in [0.25, 0.3) is 11.4 Å². The number of para-hydroxylation sites is 2. The number of rotatable bonds is 4. The monoisotopic (exact) mass is 372 g/mol. The van der Waals surface area contributed by atoms with Gasteiger partial charge in [-0.15, -0.1) is 25.3 Å². The van der Waals surface area contributed by atoms with Gasteiger partial charge in [0, 0.05) is 0 Å². The lowest BCUT2D eigenvalue weighted by Gasteiger charge is -2.11. The first kappa shape index (κ1) is 17.4. The number of nitrogens with zero attached hydrogens (tertiary/aromatic N) is 2. The van der Waals surface area contributed by atoms with Crippen molar-refractivity contribution in [3.63, 3.8) is 0 Å². The molecule has 0 saturated carbocycles. The highest BCUT2D eigenvalue weighted by Gasteiger charge is 2.18. The summed E-state index contributed by atoms with van der Waals surface area (Å²) in [5, 5.41) is 1.52. The number of benzene rings is 2. The van der Waals surface area contributed by atoms with Crippen molar-refractivity contribution in [1.82, 2.24) is 9.13 Å². The fourth-order valence-corrected chi connectivity index (χ4v) is 4.09. The predicted octanol–water partition coefficient (Wildman–Crippen LogP) is 5.70. The molecule has 0 aliphatic rings. The third-order valence-electron chi connectivity index (χ3n) is 4.23. The van der Waals surface area contributed by atoms with Crippen LogP contribution in [0.1, 0.15) is 25.0 Å². The van der Waals surface area contributed by atoms with E-state index in [-0.39, 0.29) is 0 Å². The van der Waals surface area contributed by atoms with Crippen molar-refractivity contribution in [2.45, 2.75) is 36.7 Å². The third kappa shape index (κ3) is 2.85. The minimum atomic E-state index is 0.687.